The molecule has 3 aromatic carbocycles. The van der Waals surface area contributed by atoms with Gasteiger partial charge in [0, 0.05) is 53.9 Å². The highest BCUT2D eigenvalue weighted by molar-refractivity contribution is 5.73. The monoisotopic (exact) mass is 540 g/mol. The molecule has 0 saturated heterocycles. The third-order valence-corrected chi connectivity index (χ3v) is 7.09. The van der Waals surface area contributed by atoms with Crippen LogP contribution < -0.4 is 0 Å². The number of benzene rings is 3. The van der Waals surface area contributed by atoms with E-state index in [1.54, 1.807) is 31.0 Å². The lowest BCUT2D eigenvalue weighted by atomic mass is 10.0. The fourth-order valence-electron chi connectivity index (χ4n) is 4.82. The zero-order chi connectivity index (χ0) is 28.1. The molecule has 0 aliphatic heterocycles. The highest BCUT2D eigenvalue weighted by Gasteiger charge is 2.13. The molecular formula is C36H24N6. The van der Waals surface area contributed by atoms with Crippen molar-refractivity contribution in [2.75, 3.05) is 0 Å². The van der Waals surface area contributed by atoms with Gasteiger partial charge in [-0.05, 0) is 63.7 Å². The Labute approximate surface area is 243 Å². The first-order valence-corrected chi connectivity index (χ1v) is 13.6. The Kier molecular flexibility index (Phi) is 6.76. The summed E-state index contributed by atoms with van der Waals surface area (Å²) in [6, 6.07) is 36.8. The van der Waals surface area contributed by atoms with Gasteiger partial charge in [-0.25, -0.2) is 15.0 Å². The molecule has 6 nitrogen and oxygen atoms in total. The molecule has 42 heavy (non-hydrogen) atoms. The van der Waals surface area contributed by atoms with Gasteiger partial charge in [0.05, 0.1) is 0 Å². The fourth-order valence-corrected chi connectivity index (χ4v) is 4.82. The number of rotatable bonds is 6. The summed E-state index contributed by atoms with van der Waals surface area (Å²) in [4.78, 5) is 27.2. The summed E-state index contributed by atoms with van der Waals surface area (Å²) in [7, 11) is 0. The minimum Gasteiger partial charge on any atom is -0.265 e. The first-order valence-electron chi connectivity index (χ1n) is 13.6. The van der Waals surface area contributed by atoms with E-state index in [0.29, 0.717) is 17.5 Å². The van der Waals surface area contributed by atoms with E-state index in [0.717, 1.165) is 50.1 Å². The third-order valence-electron chi connectivity index (χ3n) is 7.09. The van der Waals surface area contributed by atoms with Crippen LogP contribution >= 0.6 is 0 Å². The van der Waals surface area contributed by atoms with Crippen molar-refractivity contribution in [2.24, 2.45) is 0 Å². The Morgan fingerprint density at radius 1 is 0.262 bits per heavy atom. The van der Waals surface area contributed by atoms with E-state index in [4.69, 9.17) is 15.0 Å². The summed E-state index contributed by atoms with van der Waals surface area (Å²) >= 11 is 0. The molecule has 7 aromatic rings. The van der Waals surface area contributed by atoms with Crippen LogP contribution in [-0.4, -0.2) is 29.9 Å². The second kappa shape index (κ2) is 11.3. The summed E-state index contributed by atoms with van der Waals surface area (Å²) < 4.78 is 0. The van der Waals surface area contributed by atoms with Crippen LogP contribution in [0, 0.1) is 0 Å². The summed E-state index contributed by atoms with van der Waals surface area (Å²) in [5.41, 5.74) is 9.31. The molecule has 4 aromatic heterocycles. The minimum absolute atomic E-state index is 0.615. The fraction of sp³-hybridized carbons (Fsp3) is 0. The van der Waals surface area contributed by atoms with Gasteiger partial charge < -0.3 is 0 Å². The van der Waals surface area contributed by atoms with E-state index in [1.165, 1.54) is 0 Å². The average Bonchev–Trinajstić information content (AvgIpc) is 3.09. The van der Waals surface area contributed by atoms with Crippen molar-refractivity contribution in [2.45, 2.75) is 0 Å². The zero-order valence-electron chi connectivity index (χ0n) is 22.5. The third kappa shape index (κ3) is 5.29. The lowest BCUT2D eigenvalue weighted by Gasteiger charge is -2.10. The van der Waals surface area contributed by atoms with Crippen molar-refractivity contribution in [3.63, 3.8) is 0 Å². The Morgan fingerprint density at radius 2 is 0.595 bits per heavy atom. The standard InChI is InChI=1S/C36H24N6/c1-2-33(24-39-19-1)27-7-13-32(14-8-27)36-41-34(30-9-3-25(4-10-30)28-15-20-37-21-16-28)40-35(42-36)31-11-5-26(6-12-31)29-17-22-38-23-18-29/h1-24H. The topological polar surface area (TPSA) is 77.3 Å². The van der Waals surface area contributed by atoms with Crippen LogP contribution in [0.3, 0.4) is 0 Å². The lowest BCUT2D eigenvalue weighted by Crippen LogP contribution is -2.00. The van der Waals surface area contributed by atoms with Gasteiger partial charge in [0.2, 0.25) is 0 Å². The maximum absolute atomic E-state index is 4.92. The largest absolute Gasteiger partial charge is 0.265 e. The first kappa shape index (κ1) is 25.1. The Hall–Kier alpha value is -5.88. The molecule has 4 heterocycles. The van der Waals surface area contributed by atoms with Gasteiger partial charge in [-0.3, -0.25) is 15.0 Å². The predicted octanol–water partition coefficient (Wildman–Crippen LogP) is 8.06. The molecule has 0 fully saturated rings. The van der Waals surface area contributed by atoms with Crippen LogP contribution in [0.4, 0.5) is 0 Å². The summed E-state index contributed by atoms with van der Waals surface area (Å²) in [5, 5.41) is 0. The quantitative estimate of drug-likeness (QED) is 0.212. The number of pyridine rings is 3. The maximum Gasteiger partial charge on any atom is 0.164 e. The van der Waals surface area contributed by atoms with Crippen molar-refractivity contribution in [3.05, 3.63) is 146 Å². The summed E-state index contributed by atoms with van der Waals surface area (Å²) in [6.45, 7) is 0. The van der Waals surface area contributed by atoms with Crippen LogP contribution in [0.2, 0.25) is 0 Å². The van der Waals surface area contributed by atoms with Gasteiger partial charge in [-0.1, -0.05) is 78.9 Å². The lowest BCUT2D eigenvalue weighted by molar-refractivity contribution is 1.07. The highest BCUT2D eigenvalue weighted by Crippen LogP contribution is 2.29. The van der Waals surface area contributed by atoms with E-state index < -0.39 is 0 Å². The Morgan fingerprint density at radius 3 is 0.952 bits per heavy atom. The van der Waals surface area contributed by atoms with Gasteiger partial charge in [0.15, 0.2) is 17.5 Å². The molecule has 0 bridgehead atoms. The molecule has 7 rings (SSSR count). The van der Waals surface area contributed by atoms with Gasteiger partial charge in [-0.15, -0.1) is 0 Å². The molecule has 198 valence electrons. The van der Waals surface area contributed by atoms with Crippen LogP contribution in [0.15, 0.2) is 146 Å². The zero-order valence-corrected chi connectivity index (χ0v) is 22.5. The van der Waals surface area contributed by atoms with Crippen LogP contribution in [-0.2, 0) is 0 Å². The van der Waals surface area contributed by atoms with Gasteiger partial charge in [0.25, 0.3) is 0 Å². The van der Waals surface area contributed by atoms with E-state index >= 15 is 0 Å². The van der Waals surface area contributed by atoms with Gasteiger partial charge in [0.1, 0.15) is 0 Å². The molecule has 0 unspecified atom stereocenters. The highest BCUT2D eigenvalue weighted by atomic mass is 15.0. The molecule has 0 atom stereocenters. The van der Waals surface area contributed by atoms with Crippen molar-refractivity contribution in [3.8, 4) is 67.5 Å². The SMILES string of the molecule is c1cncc(-c2ccc(-c3nc(-c4ccc(-c5ccncc5)cc4)nc(-c4ccc(-c5ccncc5)cc4)n3)cc2)c1. The van der Waals surface area contributed by atoms with E-state index in [1.807, 2.05) is 54.7 Å². The van der Waals surface area contributed by atoms with Crippen molar-refractivity contribution in [1.29, 1.82) is 0 Å². The van der Waals surface area contributed by atoms with Crippen LogP contribution in [0.25, 0.3) is 67.5 Å². The molecule has 0 amide bonds. The second-order valence-electron chi connectivity index (χ2n) is 9.75. The van der Waals surface area contributed by atoms with Crippen molar-refractivity contribution >= 4 is 0 Å². The number of aromatic nitrogens is 6. The van der Waals surface area contributed by atoms with Crippen LogP contribution in [0.5, 0.6) is 0 Å². The molecule has 0 radical (unpaired) electrons. The molecule has 0 aliphatic rings. The first-order chi connectivity index (χ1) is 20.8. The Balaban J connectivity index is 1.29. The molecule has 0 N–H and O–H groups in total. The maximum atomic E-state index is 4.92. The minimum atomic E-state index is 0.615. The number of hydrogen-bond donors (Lipinski definition) is 0. The van der Waals surface area contributed by atoms with Gasteiger partial charge in [-0.2, -0.15) is 0 Å². The van der Waals surface area contributed by atoms with Crippen molar-refractivity contribution < 1.29 is 0 Å². The Bertz CT molecular complexity index is 1680. The molecular weight excluding hydrogens is 516 g/mol. The molecule has 0 aliphatic carbocycles. The average molecular weight is 541 g/mol. The van der Waals surface area contributed by atoms with Crippen molar-refractivity contribution in [1.82, 2.24) is 29.9 Å². The number of nitrogens with zero attached hydrogens (tertiary/aromatic N) is 6. The predicted molar refractivity (Wildman–Crippen MR) is 166 cm³/mol. The van der Waals surface area contributed by atoms with E-state index in [9.17, 15) is 0 Å². The number of hydrogen-bond acceptors (Lipinski definition) is 6. The van der Waals surface area contributed by atoms with Crippen LogP contribution in [0.1, 0.15) is 0 Å². The normalized spacial score (nSPS) is 10.9. The smallest absolute Gasteiger partial charge is 0.164 e. The summed E-state index contributed by atoms with van der Waals surface area (Å²) in [5.74, 6) is 1.85. The van der Waals surface area contributed by atoms with E-state index in [-0.39, 0.29) is 0 Å². The van der Waals surface area contributed by atoms with Gasteiger partial charge >= 0.3 is 0 Å². The molecule has 0 saturated carbocycles. The second-order valence-corrected chi connectivity index (χ2v) is 9.75. The van der Waals surface area contributed by atoms with E-state index in [2.05, 4.69) is 75.6 Å². The molecule has 0 spiro atoms. The summed E-state index contributed by atoms with van der Waals surface area (Å²) in [6.07, 6.45) is 10.8. The molecule has 6 heteroatoms.